The largest absolute Gasteiger partial charge is 0.507 e. The molecule has 1 aromatic rings. The molecule has 20 heavy (non-hydrogen) atoms. The zero-order chi connectivity index (χ0) is 15.3. The first-order valence-electron chi connectivity index (χ1n) is 7.05. The third kappa shape index (κ3) is 4.85. The van der Waals surface area contributed by atoms with Crippen molar-refractivity contribution in [2.24, 2.45) is 5.73 Å². The van der Waals surface area contributed by atoms with Crippen molar-refractivity contribution >= 4 is 5.91 Å². The number of nitrogens with one attached hydrogen (secondary N) is 1. The third-order valence-corrected chi connectivity index (χ3v) is 3.17. The van der Waals surface area contributed by atoms with Gasteiger partial charge in [-0.2, -0.15) is 0 Å². The van der Waals surface area contributed by atoms with Crippen LogP contribution in [0.3, 0.4) is 0 Å². The summed E-state index contributed by atoms with van der Waals surface area (Å²) in [6.07, 6.45) is 0.883. The summed E-state index contributed by atoms with van der Waals surface area (Å²) in [6, 6.07) is 5.67. The van der Waals surface area contributed by atoms with Crippen molar-refractivity contribution in [3.63, 3.8) is 0 Å². The van der Waals surface area contributed by atoms with E-state index in [9.17, 15) is 9.90 Å². The second-order valence-corrected chi connectivity index (χ2v) is 6.34. The van der Waals surface area contributed by atoms with Crippen molar-refractivity contribution in [1.29, 1.82) is 0 Å². The number of para-hydroxylation sites is 1. The lowest BCUT2D eigenvalue weighted by molar-refractivity contribution is -0.121. The Labute approximate surface area is 121 Å². The number of hydrogen-bond donors (Lipinski definition) is 3. The summed E-state index contributed by atoms with van der Waals surface area (Å²) in [6.45, 7) is 8.50. The second kappa shape index (κ2) is 6.75. The van der Waals surface area contributed by atoms with Crippen LogP contribution in [0.4, 0.5) is 0 Å². The summed E-state index contributed by atoms with van der Waals surface area (Å²) in [5, 5.41) is 13.1. The van der Waals surface area contributed by atoms with Gasteiger partial charge in [0.25, 0.3) is 0 Å². The van der Waals surface area contributed by atoms with Crippen molar-refractivity contribution < 1.29 is 9.90 Å². The minimum Gasteiger partial charge on any atom is -0.507 e. The van der Waals surface area contributed by atoms with Gasteiger partial charge in [0, 0.05) is 19.0 Å². The Morgan fingerprint density at radius 3 is 2.60 bits per heavy atom. The maximum atomic E-state index is 11.7. The van der Waals surface area contributed by atoms with Crippen LogP contribution < -0.4 is 11.1 Å². The number of hydrogen-bond acceptors (Lipinski definition) is 3. The Kier molecular flexibility index (Phi) is 5.57. The molecule has 4 heteroatoms. The van der Waals surface area contributed by atoms with E-state index in [1.54, 1.807) is 0 Å². The summed E-state index contributed by atoms with van der Waals surface area (Å²) in [7, 11) is 0. The van der Waals surface area contributed by atoms with Crippen LogP contribution >= 0.6 is 0 Å². The fourth-order valence-corrected chi connectivity index (χ4v) is 2.01. The van der Waals surface area contributed by atoms with Crippen LogP contribution in [0.25, 0.3) is 0 Å². The highest BCUT2D eigenvalue weighted by Gasteiger charge is 2.19. The zero-order valence-corrected chi connectivity index (χ0v) is 12.9. The Hall–Kier alpha value is -1.55. The summed E-state index contributed by atoms with van der Waals surface area (Å²) < 4.78 is 0. The van der Waals surface area contributed by atoms with E-state index in [-0.39, 0.29) is 17.4 Å². The highest BCUT2D eigenvalue weighted by atomic mass is 16.3. The number of aryl methyl sites for hydroxylation is 1. The molecule has 1 amide bonds. The molecule has 4 nitrogen and oxygen atoms in total. The molecule has 112 valence electrons. The van der Waals surface area contributed by atoms with Gasteiger partial charge in [0.1, 0.15) is 5.75 Å². The summed E-state index contributed by atoms with van der Waals surface area (Å²) in [4.78, 5) is 11.7. The van der Waals surface area contributed by atoms with Crippen molar-refractivity contribution in [2.45, 2.75) is 52.0 Å². The maximum absolute atomic E-state index is 11.7. The minimum absolute atomic E-state index is 0.0390. The predicted molar refractivity (Wildman–Crippen MR) is 81.8 cm³/mol. The molecule has 1 atom stereocenters. The van der Waals surface area contributed by atoms with Crippen LogP contribution in [-0.4, -0.2) is 23.6 Å². The molecule has 0 heterocycles. The van der Waals surface area contributed by atoms with Crippen molar-refractivity contribution in [3.8, 4) is 5.75 Å². The highest BCUT2D eigenvalue weighted by molar-refractivity contribution is 5.76. The quantitative estimate of drug-likeness (QED) is 0.772. The first-order chi connectivity index (χ1) is 9.21. The maximum Gasteiger partial charge on any atom is 0.220 e. The molecule has 4 N–H and O–H groups in total. The highest BCUT2D eigenvalue weighted by Crippen LogP contribution is 2.33. The van der Waals surface area contributed by atoms with Gasteiger partial charge in [0.15, 0.2) is 0 Å². The van der Waals surface area contributed by atoms with Crippen LogP contribution in [0.5, 0.6) is 5.75 Å². The number of rotatable bonds is 5. The molecule has 0 aromatic heterocycles. The van der Waals surface area contributed by atoms with Gasteiger partial charge in [-0.25, -0.2) is 0 Å². The molecule has 1 unspecified atom stereocenters. The van der Waals surface area contributed by atoms with E-state index in [1.165, 1.54) is 0 Å². The lowest BCUT2D eigenvalue weighted by atomic mass is 9.85. The van der Waals surface area contributed by atoms with Gasteiger partial charge in [-0.3, -0.25) is 4.79 Å². The van der Waals surface area contributed by atoms with E-state index in [4.69, 9.17) is 5.73 Å². The molecule has 0 aliphatic heterocycles. The molecule has 0 bridgehead atoms. The number of nitrogens with two attached hydrogens (primary N) is 1. The van der Waals surface area contributed by atoms with Gasteiger partial charge >= 0.3 is 0 Å². The monoisotopic (exact) mass is 278 g/mol. The first kappa shape index (κ1) is 16.5. The molecule has 0 fully saturated rings. The predicted octanol–water partition coefficient (Wildman–Crippen LogP) is 2.09. The molecular formula is C16H26N2O2. The van der Waals surface area contributed by atoms with Crippen molar-refractivity contribution in [3.05, 3.63) is 29.3 Å². The summed E-state index contributed by atoms with van der Waals surface area (Å²) in [5.41, 5.74) is 7.19. The van der Waals surface area contributed by atoms with Gasteiger partial charge in [-0.05, 0) is 29.9 Å². The number of phenols is 1. The van der Waals surface area contributed by atoms with Crippen LogP contribution in [-0.2, 0) is 16.6 Å². The zero-order valence-electron chi connectivity index (χ0n) is 12.9. The van der Waals surface area contributed by atoms with Crippen LogP contribution in [0.15, 0.2) is 18.2 Å². The molecule has 0 spiro atoms. The number of carbonyl (C=O) groups excluding carboxylic acids is 1. The Balaban J connectivity index is 2.68. The second-order valence-electron chi connectivity index (χ2n) is 6.34. The van der Waals surface area contributed by atoms with Gasteiger partial charge in [-0.15, -0.1) is 0 Å². The standard InChI is InChI=1S/C16H26N2O2/c1-11(17)10-18-14(19)9-8-12-6-5-7-13(15(12)20)16(2,3)4/h5-7,11,20H,8-10,17H2,1-4H3,(H,18,19). The number of benzene rings is 1. The van der Waals surface area contributed by atoms with E-state index in [2.05, 4.69) is 26.1 Å². The summed E-state index contributed by atoms with van der Waals surface area (Å²) >= 11 is 0. The van der Waals surface area contributed by atoms with E-state index < -0.39 is 0 Å². The average Bonchev–Trinajstić information content (AvgIpc) is 2.33. The lowest BCUT2D eigenvalue weighted by Gasteiger charge is -2.21. The fraction of sp³-hybridized carbons (Fsp3) is 0.562. The van der Waals surface area contributed by atoms with Gasteiger partial charge in [-0.1, -0.05) is 39.0 Å². The average molecular weight is 278 g/mol. The van der Waals surface area contributed by atoms with Gasteiger partial charge in [0.2, 0.25) is 5.91 Å². The minimum atomic E-state index is -0.114. The Morgan fingerprint density at radius 1 is 1.40 bits per heavy atom. The Morgan fingerprint density at radius 2 is 2.05 bits per heavy atom. The van der Waals surface area contributed by atoms with Crippen LogP contribution in [0.2, 0.25) is 0 Å². The number of carbonyl (C=O) groups is 1. The molecule has 0 aliphatic rings. The van der Waals surface area contributed by atoms with Crippen molar-refractivity contribution in [1.82, 2.24) is 5.32 Å². The smallest absolute Gasteiger partial charge is 0.220 e. The van der Waals surface area contributed by atoms with Gasteiger partial charge < -0.3 is 16.2 Å². The summed E-state index contributed by atoms with van der Waals surface area (Å²) in [5.74, 6) is 0.267. The number of amides is 1. The van der Waals surface area contributed by atoms with Gasteiger partial charge in [0.05, 0.1) is 0 Å². The first-order valence-corrected chi connectivity index (χ1v) is 7.05. The number of phenolic OH excluding ortho intramolecular Hbond substituents is 1. The molecule has 0 saturated carbocycles. The number of aromatic hydroxyl groups is 1. The molecule has 1 aromatic carbocycles. The topological polar surface area (TPSA) is 75.3 Å². The SMILES string of the molecule is CC(N)CNC(=O)CCc1cccc(C(C)(C)C)c1O. The van der Waals surface area contributed by atoms with E-state index in [0.29, 0.717) is 25.1 Å². The van der Waals surface area contributed by atoms with E-state index in [1.807, 2.05) is 25.1 Å². The molecule has 1 rings (SSSR count). The molecule has 0 aliphatic carbocycles. The lowest BCUT2D eigenvalue weighted by Crippen LogP contribution is -2.35. The molecule has 0 saturated heterocycles. The van der Waals surface area contributed by atoms with Crippen molar-refractivity contribution in [2.75, 3.05) is 6.54 Å². The van der Waals surface area contributed by atoms with E-state index >= 15 is 0 Å². The van der Waals surface area contributed by atoms with Crippen LogP contribution in [0, 0.1) is 0 Å². The molecule has 0 radical (unpaired) electrons. The van der Waals surface area contributed by atoms with Crippen LogP contribution in [0.1, 0.15) is 45.2 Å². The fourth-order valence-electron chi connectivity index (χ4n) is 2.01. The third-order valence-electron chi connectivity index (χ3n) is 3.17. The molecular weight excluding hydrogens is 252 g/mol. The normalized spacial score (nSPS) is 13.1. The van der Waals surface area contributed by atoms with E-state index in [0.717, 1.165) is 11.1 Å². The Bertz CT molecular complexity index is 462.